The van der Waals surface area contributed by atoms with Crippen LogP contribution < -0.4 is 5.73 Å². The Morgan fingerprint density at radius 3 is 2.76 bits per heavy atom. The summed E-state index contributed by atoms with van der Waals surface area (Å²) in [4.78, 5) is 25.6. The smallest absolute Gasteiger partial charge is 0.410 e. The van der Waals surface area contributed by atoms with Crippen molar-refractivity contribution in [3.8, 4) is 0 Å². The van der Waals surface area contributed by atoms with Crippen molar-refractivity contribution in [2.24, 2.45) is 5.73 Å². The molecule has 1 saturated carbocycles. The number of hydrogen-bond acceptors (Lipinski definition) is 4. The van der Waals surface area contributed by atoms with E-state index in [1.165, 1.54) is 10.9 Å². The summed E-state index contributed by atoms with van der Waals surface area (Å²) in [6.45, 7) is 2.87. The number of benzene rings is 1. The van der Waals surface area contributed by atoms with Crippen LogP contribution >= 0.6 is 0 Å². The molecule has 0 radical (unpaired) electrons. The van der Waals surface area contributed by atoms with Crippen LogP contribution in [0.15, 0.2) is 24.4 Å². The Hall–Kier alpha value is -2.54. The van der Waals surface area contributed by atoms with Gasteiger partial charge in [0.15, 0.2) is 0 Å². The van der Waals surface area contributed by atoms with E-state index < -0.39 is 5.97 Å². The van der Waals surface area contributed by atoms with Gasteiger partial charge in [-0.3, -0.25) is 4.79 Å². The van der Waals surface area contributed by atoms with Crippen LogP contribution in [0.5, 0.6) is 0 Å². The maximum atomic E-state index is 11.5. The largest absolute Gasteiger partial charge is 0.481 e. The number of aromatic nitrogens is 1. The van der Waals surface area contributed by atoms with Gasteiger partial charge in [0.2, 0.25) is 0 Å². The van der Waals surface area contributed by atoms with Gasteiger partial charge >= 0.3 is 6.09 Å². The van der Waals surface area contributed by atoms with Crippen LogP contribution in [0.1, 0.15) is 36.8 Å². The number of nitrogens with zero attached hydrogens (tertiary/aromatic N) is 1. The molecule has 1 aliphatic carbocycles. The summed E-state index contributed by atoms with van der Waals surface area (Å²) >= 11 is 0. The number of ether oxygens (including phenoxy) is 1. The number of carbonyl (C=O) groups excluding carboxylic acids is 1. The highest BCUT2D eigenvalue weighted by Gasteiger charge is 2.29. The van der Waals surface area contributed by atoms with E-state index in [0.717, 1.165) is 30.8 Å². The molecule has 0 spiro atoms. The number of hydrogen-bond donors (Lipinski definition) is 3. The van der Waals surface area contributed by atoms with Crippen LogP contribution in [-0.2, 0) is 16.1 Å². The van der Waals surface area contributed by atoms with Gasteiger partial charge in [0.1, 0.15) is 6.61 Å². The molecule has 1 aromatic heterocycles. The Bertz CT molecular complexity index is 776. The minimum absolute atomic E-state index is 0.214. The number of fused-ring (bicyclic) bond motifs is 1. The van der Waals surface area contributed by atoms with Gasteiger partial charge in [-0.15, -0.1) is 0 Å². The predicted molar refractivity (Wildman–Crippen MR) is 93.3 cm³/mol. The van der Waals surface area contributed by atoms with Gasteiger partial charge < -0.3 is 25.5 Å². The molecule has 0 bridgehead atoms. The number of carboxylic acids is 1. The summed E-state index contributed by atoms with van der Waals surface area (Å²) in [5, 5.41) is 8.68. The molecule has 134 valence electrons. The summed E-state index contributed by atoms with van der Waals surface area (Å²) < 4.78 is 4.98. The number of aromatic amines is 1. The minimum atomic E-state index is -0.833. The molecular weight excluding hydrogens is 322 g/mol. The lowest BCUT2D eigenvalue weighted by Crippen LogP contribution is -2.34. The van der Waals surface area contributed by atoms with Gasteiger partial charge in [-0.25, -0.2) is 4.79 Å². The van der Waals surface area contributed by atoms with Gasteiger partial charge in [-0.2, -0.15) is 0 Å². The molecule has 7 heteroatoms. The molecule has 2 heterocycles. The number of aliphatic carboxylic acids is 1. The summed E-state index contributed by atoms with van der Waals surface area (Å²) in [6.07, 6.45) is 4.02. The lowest BCUT2D eigenvalue weighted by Gasteiger charge is -2.32. The number of amides is 1. The maximum Gasteiger partial charge on any atom is 0.410 e. The van der Waals surface area contributed by atoms with E-state index in [4.69, 9.17) is 20.4 Å². The average Bonchev–Trinajstić information content (AvgIpc) is 3.10. The van der Waals surface area contributed by atoms with Crippen LogP contribution in [0.2, 0.25) is 0 Å². The molecule has 2 fully saturated rings. The molecule has 0 atom stereocenters. The molecule has 4 rings (SSSR count). The van der Waals surface area contributed by atoms with E-state index in [-0.39, 0.29) is 6.09 Å². The first kappa shape index (κ1) is 17.3. The Labute approximate surface area is 145 Å². The van der Waals surface area contributed by atoms with Crippen molar-refractivity contribution in [2.75, 3.05) is 13.2 Å². The van der Waals surface area contributed by atoms with Crippen LogP contribution in [0.25, 0.3) is 10.9 Å². The first-order valence-electron chi connectivity index (χ1n) is 8.40. The van der Waals surface area contributed by atoms with Gasteiger partial charge in [0.05, 0.1) is 6.54 Å². The summed E-state index contributed by atoms with van der Waals surface area (Å²) in [5.74, 6) is -0.263. The molecule has 25 heavy (non-hydrogen) atoms. The van der Waals surface area contributed by atoms with Crippen molar-refractivity contribution >= 4 is 23.0 Å². The lowest BCUT2D eigenvalue weighted by atomic mass is 9.76. The monoisotopic (exact) mass is 345 g/mol. The highest BCUT2D eigenvalue weighted by atomic mass is 16.6. The molecule has 1 saturated heterocycles. The van der Waals surface area contributed by atoms with Gasteiger partial charge in [-0.05, 0) is 42.0 Å². The van der Waals surface area contributed by atoms with Crippen LogP contribution in [0.3, 0.4) is 0 Å². The number of carboxylic acid groups (broad SMARTS) is 1. The van der Waals surface area contributed by atoms with Crippen molar-refractivity contribution < 1.29 is 19.4 Å². The van der Waals surface area contributed by atoms with E-state index in [9.17, 15) is 4.79 Å². The third kappa shape index (κ3) is 3.93. The fourth-order valence-corrected chi connectivity index (χ4v) is 3.33. The number of rotatable bonds is 3. The first-order chi connectivity index (χ1) is 11.9. The van der Waals surface area contributed by atoms with E-state index in [1.807, 2.05) is 0 Å². The molecule has 2 aromatic rings. The molecule has 1 amide bonds. The second-order valence-corrected chi connectivity index (χ2v) is 6.61. The summed E-state index contributed by atoms with van der Waals surface area (Å²) in [5.41, 5.74) is 9.56. The molecule has 2 aliphatic rings. The van der Waals surface area contributed by atoms with Crippen LogP contribution in [-0.4, -0.2) is 46.2 Å². The quantitative estimate of drug-likeness (QED) is 0.791. The van der Waals surface area contributed by atoms with E-state index in [1.54, 1.807) is 4.90 Å². The van der Waals surface area contributed by atoms with Crippen molar-refractivity contribution in [2.45, 2.75) is 38.3 Å². The number of H-pyrrole nitrogens is 1. The molecule has 1 aromatic carbocycles. The van der Waals surface area contributed by atoms with Gasteiger partial charge in [-0.1, -0.05) is 6.07 Å². The highest BCUT2D eigenvalue weighted by Crippen LogP contribution is 2.39. The maximum absolute atomic E-state index is 11.5. The first-order valence-corrected chi connectivity index (χ1v) is 8.40. The Balaban J connectivity index is 0.000000415. The highest BCUT2D eigenvalue weighted by molar-refractivity contribution is 5.84. The van der Waals surface area contributed by atoms with Gasteiger partial charge in [0, 0.05) is 36.6 Å². The third-order valence-corrected chi connectivity index (χ3v) is 4.61. The number of carbonyl (C=O) groups is 2. The number of cyclic esters (lactones) is 1. The van der Waals surface area contributed by atoms with Crippen molar-refractivity contribution in [1.82, 2.24) is 9.88 Å². The molecule has 4 N–H and O–H groups in total. The van der Waals surface area contributed by atoms with E-state index in [0.29, 0.717) is 31.7 Å². The fraction of sp³-hybridized carbons (Fsp3) is 0.444. The molecule has 1 aliphatic heterocycles. The molecule has 0 unspecified atom stereocenters. The number of nitrogens with one attached hydrogen (secondary N) is 1. The number of nitrogens with two attached hydrogens (primary N) is 1. The SMILES string of the molecule is CC(=O)O.N[C@H]1C[C@@H](c2c[nH]c3ccc(CN4CCOC4=O)cc32)C1. The zero-order valence-corrected chi connectivity index (χ0v) is 14.2. The minimum Gasteiger partial charge on any atom is -0.481 e. The normalized spacial score (nSPS) is 22.2. The average molecular weight is 345 g/mol. The second kappa shape index (κ2) is 7.14. The van der Waals surface area contributed by atoms with Crippen LogP contribution in [0, 0.1) is 0 Å². The zero-order valence-electron chi connectivity index (χ0n) is 14.2. The Morgan fingerprint density at radius 1 is 1.44 bits per heavy atom. The van der Waals surface area contributed by atoms with Crippen molar-refractivity contribution in [3.05, 3.63) is 35.5 Å². The van der Waals surface area contributed by atoms with Crippen molar-refractivity contribution in [1.29, 1.82) is 0 Å². The predicted octanol–water partition coefficient (Wildman–Crippen LogP) is 2.42. The molecule has 7 nitrogen and oxygen atoms in total. The van der Waals surface area contributed by atoms with Gasteiger partial charge in [0.25, 0.3) is 5.97 Å². The van der Waals surface area contributed by atoms with Crippen LogP contribution in [0.4, 0.5) is 4.79 Å². The van der Waals surface area contributed by atoms with Crippen molar-refractivity contribution in [3.63, 3.8) is 0 Å². The lowest BCUT2D eigenvalue weighted by molar-refractivity contribution is -0.134. The molecular formula is C18H23N3O4. The summed E-state index contributed by atoms with van der Waals surface area (Å²) in [6, 6.07) is 6.70. The van der Waals surface area contributed by atoms with E-state index in [2.05, 4.69) is 29.4 Å². The topological polar surface area (TPSA) is 109 Å². The second-order valence-electron chi connectivity index (χ2n) is 6.61. The Kier molecular flexibility index (Phi) is 4.94. The fourth-order valence-electron chi connectivity index (χ4n) is 3.33. The zero-order chi connectivity index (χ0) is 18.0. The Morgan fingerprint density at radius 2 is 2.16 bits per heavy atom. The van der Waals surface area contributed by atoms with E-state index >= 15 is 0 Å². The third-order valence-electron chi connectivity index (χ3n) is 4.61. The summed E-state index contributed by atoms with van der Waals surface area (Å²) in [7, 11) is 0. The standard InChI is InChI=1S/C16H19N3O2.C2H4O2/c17-12-6-11(7-12)14-8-18-15-2-1-10(5-13(14)15)9-19-3-4-21-16(19)20;1-2(3)4/h1-2,5,8,11-12,18H,3-4,6-7,9,17H2;1H3,(H,3,4)/t11-,12+;.